The Kier molecular flexibility index (Phi) is 7.34. The van der Waals surface area contributed by atoms with Crippen molar-refractivity contribution in [2.24, 2.45) is 0 Å². The fourth-order valence-electron chi connectivity index (χ4n) is 1.88. The molecule has 0 radical (unpaired) electrons. The first-order valence-corrected chi connectivity index (χ1v) is 9.06. The van der Waals surface area contributed by atoms with Gasteiger partial charge in [0.2, 0.25) is 15.9 Å². The second kappa shape index (κ2) is 8.75. The highest BCUT2D eigenvalue weighted by Crippen LogP contribution is 2.14. The van der Waals surface area contributed by atoms with Crippen LogP contribution in [0.4, 0.5) is 0 Å². The Morgan fingerprint density at radius 3 is 2.41 bits per heavy atom. The molecule has 0 unspecified atom stereocenters. The van der Waals surface area contributed by atoms with E-state index in [0.29, 0.717) is 12.3 Å². The minimum Gasteiger partial charge on any atom is -0.497 e. The average molecular weight is 328 g/mol. The van der Waals surface area contributed by atoms with E-state index in [1.807, 2.05) is 19.1 Å². The molecule has 1 amide bonds. The van der Waals surface area contributed by atoms with Crippen LogP contribution in [0.5, 0.6) is 5.75 Å². The monoisotopic (exact) mass is 328 g/mol. The molecule has 7 heteroatoms. The van der Waals surface area contributed by atoms with Gasteiger partial charge in [-0.25, -0.2) is 8.42 Å². The van der Waals surface area contributed by atoms with Crippen LogP contribution in [-0.2, 0) is 21.4 Å². The number of hydrogen-bond acceptors (Lipinski definition) is 4. The van der Waals surface area contributed by atoms with Gasteiger partial charge in [0.1, 0.15) is 5.75 Å². The topological polar surface area (TPSA) is 75.7 Å². The second-order valence-electron chi connectivity index (χ2n) is 5.04. The first kappa shape index (κ1) is 18.4. The molecule has 1 aromatic rings. The minimum atomic E-state index is -3.37. The highest BCUT2D eigenvalue weighted by Gasteiger charge is 2.18. The Balaban J connectivity index is 2.66. The first-order chi connectivity index (χ1) is 10.4. The van der Waals surface area contributed by atoms with Gasteiger partial charge in [-0.1, -0.05) is 19.1 Å². The van der Waals surface area contributed by atoms with Crippen LogP contribution in [0.25, 0.3) is 0 Å². The lowest BCUT2D eigenvalue weighted by atomic mass is 10.2. The molecule has 0 saturated carbocycles. The summed E-state index contributed by atoms with van der Waals surface area (Å²) >= 11 is 0. The average Bonchev–Trinajstić information content (AvgIpc) is 2.48. The van der Waals surface area contributed by atoms with E-state index >= 15 is 0 Å². The molecule has 6 nitrogen and oxygen atoms in total. The Morgan fingerprint density at radius 1 is 1.27 bits per heavy atom. The van der Waals surface area contributed by atoms with Crippen molar-refractivity contribution in [2.45, 2.75) is 26.3 Å². The molecule has 0 aliphatic carbocycles. The van der Waals surface area contributed by atoms with Gasteiger partial charge in [-0.15, -0.1) is 0 Å². The Labute approximate surface area is 132 Å². The Hall–Kier alpha value is -1.60. The third-order valence-corrected chi connectivity index (χ3v) is 4.40. The maximum absolute atomic E-state index is 11.9. The summed E-state index contributed by atoms with van der Waals surface area (Å²) < 4.78 is 30.1. The predicted octanol–water partition coefficient (Wildman–Crippen LogP) is 1.37. The number of sulfonamides is 1. The summed E-state index contributed by atoms with van der Waals surface area (Å²) in [6, 6.07) is 7.19. The van der Waals surface area contributed by atoms with Gasteiger partial charge in [-0.3, -0.25) is 4.79 Å². The zero-order valence-electron chi connectivity index (χ0n) is 13.3. The number of ether oxygens (including phenoxy) is 1. The molecule has 0 aliphatic rings. The second-order valence-corrected chi connectivity index (χ2v) is 7.03. The lowest BCUT2D eigenvalue weighted by Gasteiger charge is -2.20. The summed E-state index contributed by atoms with van der Waals surface area (Å²) in [6.45, 7) is 2.98. The number of amides is 1. The van der Waals surface area contributed by atoms with Crippen molar-refractivity contribution < 1.29 is 17.9 Å². The van der Waals surface area contributed by atoms with Crippen LogP contribution < -0.4 is 10.1 Å². The van der Waals surface area contributed by atoms with E-state index in [0.717, 1.165) is 18.2 Å². The smallest absolute Gasteiger partial charge is 0.221 e. The van der Waals surface area contributed by atoms with Crippen molar-refractivity contribution in [3.05, 3.63) is 29.8 Å². The van der Waals surface area contributed by atoms with Gasteiger partial charge in [-0.2, -0.15) is 4.31 Å². The summed E-state index contributed by atoms with van der Waals surface area (Å²) in [5, 5.41) is 2.74. The summed E-state index contributed by atoms with van der Waals surface area (Å²) in [7, 11) is -1.80. The SMILES string of the molecule is CCCNC(=O)CCN(Cc1ccc(OC)cc1)S(C)(=O)=O. The van der Waals surface area contributed by atoms with Crippen LogP contribution in [0, 0.1) is 0 Å². The number of benzene rings is 1. The third-order valence-electron chi connectivity index (χ3n) is 3.15. The van der Waals surface area contributed by atoms with Crippen LogP contribution in [-0.4, -0.2) is 45.1 Å². The van der Waals surface area contributed by atoms with Gasteiger partial charge in [0.25, 0.3) is 0 Å². The van der Waals surface area contributed by atoms with Crippen LogP contribution in [0.1, 0.15) is 25.3 Å². The molecule has 0 heterocycles. The normalized spacial score (nSPS) is 11.5. The molecule has 0 saturated heterocycles. The van der Waals surface area contributed by atoms with Crippen molar-refractivity contribution in [1.82, 2.24) is 9.62 Å². The minimum absolute atomic E-state index is 0.134. The summed E-state index contributed by atoms with van der Waals surface area (Å²) in [5.74, 6) is 0.582. The highest BCUT2D eigenvalue weighted by molar-refractivity contribution is 7.88. The Morgan fingerprint density at radius 2 is 1.91 bits per heavy atom. The van der Waals surface area contributed by atoms with Crippen LogP contribution in [0.2, 0.25) is 0 Å². The van der Waals surface area contributed by atoms with E-state index in [-0.39, 0.29) is 25.4 Å². The molecule has 1 N–H and O–H groups in total. The maximum atomic E-state index is 11.9. The molecule has 124 valence electrons. The molecule has 0 fully saturated rings. The van der Waals surface area contributed by atoms with Gasteiger partial charge in [0, 0.05) is 26.1 Å². The fourth-order valence-corrected chi connectivity index (χ4v) is 2.68. The largest absolute Gasteiger partial charge is 0.497 e. The zero-order chi connectivity index (χ0) is 16.6. The third kappa shape index (κ3) is 6.44. The van der Waals surface area contributed by atoms with Gasteiger partial charge in [0.05, 0.1) is 13.4 Å². The van der Waals surface area contributed by atoms with Crippen molar-refractivity contribution in [3.8, 4) is 5.75 Å². The summed E-state index contributed by atoms with van der Waals surface area (Å²) in [6.07, 6.45) is 2.16. The van der Waals surface area contributed by atoms with Crippen molar-refractivity contribution in [2.75, 3.05) is 26.5 Å². The fraction of sp³-hybridized carbons (Fsp3) is 0.533. The molecule has 1 rings (SSSR count). The van der Waals surface area contributed by atoms with Crippen molar-refractivity contribution >= 4 is 15.9 Å². The molecular weight excluding hydrogens is 304 g/mol. The molecule has 0 aliphatic heterocycles. The van der Waals surface area contributed by atoms with Gasteiger partial charge in [-0.05, 0) is 24.1 Å². The van der Waals surface area contributed by atoms with E-state index in [1.54, 1.807) is 19.2 Å². The van der Waals surface area contributed by atoms with E-state index in [1.165, 1.54) is 4.31 Å². The number of carbonyl (C=O) groups is 1. The molecule has 1 aromatic carbocycles. The summed E-state index contributed by atoms with van der Waals surface area (Å²) in [4.78, 5) is 11.6. The Bertz CT molecular complexity index is 570. The first-order valence-electron chi connectivity index (χ1n) is 7.21. The quantitative estimate of drug-likeness (QED) is 0.743. The number of nitrogens with one attached hydrogen (secondary N) is 1. The molecule has 0 bridgehead atoms. The van der Waals surface area contributed by atoms with Gasteiger partial charge in [0.15, 0.2) is 0 Å². The van der Waals surface area contributed by atoms with Gasteiger partial charge >= 0.3 is 0 Å². The number of carbonyl (C=O) groups excluding carboxylic acids is 1. The number of methoxy groups -OCH3 is 1. The molecular formula is C15H24N2O4S. The molecule has 0 atom stereocenters. The highest BCUT2D eigenvalue weighted by atomic mass is 32.2. The van der Waals surface area contributed by atoms with Crippen LogP contribution in [0.3, 0.4) is 0 Å². The predicted molar refractivity (Wildman–Crippen MR) is 86.2 cm³/mol. The van der Waals surface area contributed by atoms with E-state index in [4.69, 9.17) is 4.74 Å². The number of rotatable bonds is 9. The zero-order valence-corrected chi connectivity index (χ0v) is 14.1. The van der Waals surface area contributed by atoms with E-state index in [2.05, 4.69) is 5.32 Å². The lowest BCUT2D eigenvalue weighted by molar-refractivity contribution is -0.121. The van der Waals surface area contributed by atoms with Crippen molar-refractivity contribution in [3.63, 3.8) is 0 Å². The number of nitrogens with zero attached hydrogens (tertiary/aromatic N) is 1. The number of hydrogen-bond donors (Lipinski definition) is 1. The van der Waals surface area contributed by atoms with E-state index in [9.17, 15) is 13.2 Å². The molecule has 22 heavy (non-hydrogen) atoms. The van der Waals surface area contributed by atoms with Gasteiger partial charge < -0.3 is 10.1 Å². The van der Waals surface area contributed by atoms with Crippen LogP contribution >= 0.6 is 0 Å². The molecule has 0 aromatic heterocycles. The van der Waals surface area contributed by atoms with Crippen LogP contribution in [0.15, 0.2) is 24.3 Å². The summed E-state index contributed by atoms with van der Waals surface area (Å²) in [5.41, 5.74) is 0.847. The molecule has 0 spiro atoms. The van der Waals surface area contributed by atoms with Crippen molar-refractivity contribution in [1.29, 1.82) is 0 Å². The lowest BCUT2D eigenvalue weighted by Crippen LogP contribution is -2.34. The maximum Gasteiger partial charge on any atom is 0.221 e. The standard InChI is InChI=1S/C15H24N2O4S/c1-4-10-16-15(18)9-11-17(22(3,19)20)12-13-5-7-14(21-2)8-6-13/h5-8H,4,9-12H2,1-3H3,(H,16,18). The van der Waals surface area contributed by atoms with E-state index < -0.39 is 10.0 Å².